The van der Waals surface area contributed by atoms with E-state index >= 15 is 0 Å². The van der Waals surface area contributed by atoms with Crippen molar-refractivity contribution in [3.05, 3.63) is 70.7 Å². The summed E-state index contributed by atoms with van der Waals surface area (Å²) >= 11 is 0. The molecule has 7 nitrogen and oxygen atoms in total. The van der Waals surface area contributed by atoms with Gasteiger partial charge < -0.3 is 16.2 Å². The molecule has 4 N–H and O–H groups in total. The number of nitrogens with two attached hydrogens (primary N) is 1. The number of benzene rings is 2. The van der Waals surface area contributed by atoms with Crippen molar-refractivity contribution in [2.45, 2.75) is 32.6 Å². The number of hydrogen-bond donors (Lipinski definition) is 3. The SMILES string of the molecule is CC(C)c1ccc(O)c(C(=O)NCCCc2nn(-c3ccc(F)cc3)c(N)c2C#N)c1. The number of nitrogen functional groups attached to an aromatic ring is 1. The van der Waals surface area contributed by atoms with Crippen molar-refractivity contribution in [2.24, 2.45) is 0 Å². The fraction of sp³-hybridized carbons (Fsp3) is 0.261. The van der Waals surface area contributed by atoms with Gasteiger partial charge in [0.2, 0.25) is 0 Å². The summed E-state index contributed by atoms with van der Waals surface area (Å²) in [6.45, 7) is 4.35. The lowest BCUT2D eigenvalue weighted by Crippen LogP contribution is -2.25. The predicted octanol–water partition coefficient (Wildman–Crippen LogP) is 3.66. The zero-order valence-corrected chi connectivity index (χ0v) is 17.4. The van der Waals surface area contributed by atoms with Gasteiger partial charge in [-0.25, -0.2) is 9.07 Å². The van der Waals surface area contributed by atoms with Gasteiger partial charge in [0.15, 0.2) is 0 Å². The monoisotopic (exact) mass is 421 g/mol. The highest BCUT2D eigenvalue weighted by atomic mass is 19.1. The van der Waals surface area contributed by atoms with E-state index in [2.05, 4.69) is 16.5 Å². The van der Waals surface area contributed by atoms with Gasteiger partial charge in [0, 0.05) is 6.54 Å². The molecule has 1 aromatic heterocycles. The first-order valence-corrected chi connectivity index (χ1v) is 9.96. The molecule has 1 heterocycles. The van der Waals surface area contributed by atoms with Gasteiger partial charge >= 0.3 is 0 Å². The van der Waals surface area contributed by atoms with Gasteiger partial charge in [0.25, 0.3) is 5.91 Å². The molecule has 0 radical (unpaired) electrons. The number of anilines is 1. The molecule has 160 valence electrons. The molecule has 0 spiro atoms. The highest BCUT2D eigenvalue weighted by Gasteiger charge is 2.17. The maximum Gasteiger partial charge on any atom is 0.255 e. The van der Waals surface area contributed by atoms with E-state index in [1.165, 1.54) is 35.0 Å². The normalized spacial score (nSPS) is 10.8. The van der Waals surface area contributed by atoms with Gasteiger partial charge in [-0.05, 0) is 60.7 Å². The second-order valence-corrected chi connectivity index (χ2v) is 7.50. The minimum Gasteiger partial charge on any atom is -0.507 e. The van der Waals surface area contributed by atoms with E-state index in [1.54, 1.807) is 12.1 Å². The van der Waals surface area contributed by atoms with Crippen molar-refractivity contribution < 1.29 is 14.3 Å². The van der Waals surface area contributed by atoms with E-state index in [1.807, 2.05) is 13.8 Å². The second-order valence-electron chi connectivity index (χ2n) is 7.50. The second kappa shape index (κ2) is 9.30. The third-order valence-electron chi connectivity index (χ3n) is 4.98. The summed E-state index contributed by atoms with van der Waals surface area (Å²) in [5, 5.41) is 26.6. The Morgan fingerprint density at radius 1 is 1.29 bits per heavy atom. The van der Waals surface area contributed by atoms with Crippen molar-refractivity contribution in [1.29, 1.82) is 5.26 Å². The van der Waals surface area contributed by atoms with Crippen molar-refractivity contribution in [1.82, 2.24) is 15.1 Å². The van der Waals surface area contributed by atoms with Crippen molar-refractivity contribution in [3.63, 3.8) is 0 Å². The zero-order chi connectivity index (χ0) is 22.5. The molecule has 0 unspecified atom stereocenters. The van der Waals surface area contributed by atoms with Crippen LogP contribution in [0.3, 0.4) is 0 Å². The summed E-state index contributed by atoms with van der Waals surface area (Å²) in [4.78, 5) is 12.5. The Kier molecular flexibility index (Phi) is 6.55. The van der Waals surface area contributed by atoms with Gasteiger partial charge in [0.05, 0.1) is 16.9 Å². The maximum absolute atomic E-state index is 13.2. The quantitative estimate of drug-likeness (QED) is 0.503. The number of carbonyl (C=O) groups is 1. The number of rotatable bonds is 7. The summed E-state index contributed by atoms with van der Waals surface area (Å²) in [6.07, 6.45) is 0.935. The first-order chi connectivity index (χ1) is 14.8. The van der Waals surface area contributed by atoms with Crippen LogP contribution in [0.4, 0.5) is 10.2 Å². The van der Waals surface area contributed by atoms with Gasteiger partial charge in [-0.1, -0.05) is 19.9 Å². The van der Waals surface area contributed by atoms with Crippen molar-refractivity contribution >= 4 is 11.7 Å². The number of aromatic nitrogens is 2. The van der Waals surface area contributed by atoms with Crippen molar-refractivity contribution in [2.75, 3.05) is 12.3 Å². The number of hydrogen-bond acceptors (Lipinski definition) is 5. The van der Waals surface area contributed by atoms with E-state index in [-0.39, 0.29) is 40.3 Å². The Morgan fingerprint density at radius 3 is 2.65 bits per heavy atom. The lowest BCUT2D eigenvalue weighted by atomic mass is 10.00. The Morgan fingerprint density at radius 2 is 2.00 bits per heavy atom. The highest BCUT2D eigenvalue weighted by Crippen LogP contribution is 2.24. The molecule has 0 atom stereocenters. The number of amides is 1. The van der Waals surface area contributed by atoms with E-state index in [0.29, 0.717) is 30.8 Å². The van der Waals surface area contributed by atoms with Crippen LogP contribution in [0.1, 0.15) is 53.4 Å². The van der Waals surface area contributed by atoms with Crippen LogP contribution in [0.5, 0.6) is 5.75 Å². The number of nitrogens with zero attached hydrogens (tertiary/aromatic N) is 3. The fourth-order valence-corrected chi connectivity index (χ4v) is 3.20. The van der Waals surface area contributed by atoms with Crippen LogP contribution in [-0.4, -0.2) is 27.3 Å². The number of nitrogens with one attached hydrogen (secondary N) is 1. The number of phenols is 1. The molecule has 0 fully saturated rings. The van der Waals surface area contributed by atoms with Gasteiger partial charge in [-0.2, -0.15) is 10.4 Å². The standard InChI is InChI=1S/C23H24FN5O2/c1-14(2)15-5-10-21(30)18(12-15)23(31)27-11-3-4-20-19(13-25)22(26)29(28-20)17-8-6-16(24)7-9-17/h5-10,12,14,30H,3-4,11,26H2,1-2H3,(H,27,31). The molecule has 3 aromatic rings. The average Bonchev–Trinajstić information content (AvgIpc) is 3.07. The van der Waals surface area contributed by atoms with Crippen LogP contribution >= 0.6 is 0 Å². The van der Waals surface area contributed by atoms with E-state index in [4.69, 9.17) is 5.73 Å². The predicted molar refractivity (Wildman–Crippen MR) is 115 cm³/mol. The number of phenolic OH excluding ortho intramolecular Hbond substituents is 1. The molecule has 0 saturated carbocycles. The minimum atomic E-state index is -0.379. The molecule has 0 saturated heterocycles. The van der Waals surface area contributed by atoms with Gasteiger partial charge in [-0.3, -0.25) is 4.79 Å². The van der Waals surface area contributed by atoms with Crippen LogP contribution in [0.2, 0.25) is 0 Å². The Balaban J connectivity index is 1.65. The Labute approximate surface area is 179 Å². The number of nitriles is 1. The Hall–Kier alpha value is -3.86. The van der Waals surface area contributed by atoms with Crippen LogP contribution < -0.4 is 11.1 Å². The molecule has 0 bridgehead atoms. The first-order valence-electron chi connectivity index (χ1n) is 9.96. The van der Waals surface area contributed by atoms with Crippen LogP contribution in [0.25, 0.3) is 5.69 Å². The number of carbonyl (C=O) groups excluding carboxylic acids is 1. The summed E-state index contributed by atoms with van der Waals surface area (Å²) < 4.78 is 14.6. The molecule has 0 aliphatic carbocycles. The Bertz CT molecular complexity index is 1130. The number of halogens is 1. The molecule has 31 heavy (non-hydrogen) atoms. The topological polar surface area (TPSA) is 117 Å². The molecule has 8 heteroatoms. The van der Waals surface area contributed by atoms with Crippen molar-refractivity contribution in [3.8, 4) is 17.5 Å². The van der Waals surface area contributed by atoms with Gasteiger partial charge in [0.1, 0.15) is 29.0 Å². The zero-order valence-electron chi connectivity index (χ0n) is 17.4. The molecule has 2 aromatic carbocycles. The summed E-state index contributed by atoms with van der Waals surface area (Å²) in [7, 11) is 0. The summed E-state index contributed by atoms with van der Waals surface area (Å²) in [6, 6.07) is 12.7. The number of aryl methyl sites for hydroxylation is 1. The molecule has 3 rings (SSSR count). The smallest absolute Gasteiger partial charge is 0.255 e. The lowest BCUT2D eigenvalue weighted by molar-refractivity contribution is 0.0950. The van der Waals surface area contributed by atoms with E-state index < -0.39 is 0 Å². The molecule has 1 amide bonds. The molecule has 0 aliphatic rings. The van der Waals surface area contributed by atoms with E-state index in [0.717, 1.165) is 5.56 Å². The first kappa shape index (κ1) is 21.8. The largest absolute Gasteiger partial charge is 0.507 e. The molecule has 0 aliphatic heterocycles. The third kappa shape index (κ3) is 4.83. The summed E-state index contributed by atoms with van der Waals surface area (Å²) in [5.41, 5.74) is 8.56. The maximum atomic E-state index is 13.2. The lowest BCUT2D eigenvalue weighted by Gasteiger charge is -2.10. The fourth-order valence-electron chi connectivity index (χ4n) is 3.20. The van der Waals surface area contributed by atoms with Crippen LogP contribution in [0, 0.1) is 17.1 Å². The summed E-state index contributed by atoms with van der Waals surface area (Å²) in [5.74, 6) is -0.394. The van der Waals surface area contributed by atoms with Gasteiger partial charge in [-0.15, -0.1) is 0 Å². The average molecular weight is 421 g/mol. The highest BCUT2D eigenvalue weighted by molar-refractivity contribution is 5.97. The van der Waals surface area contributed by atoms with Crippen LogP contribution in [0.15, 0.2) is 42.5 Å². The van der Waals surface area contributed by atoms with E-state index in [9.17, 15) is 19.6 Å². The minimum absolute atomic E-state index is 0.0699. The molecular formula is C23H24FN5O2. The molecular weight excluding hydrogens is 397 g/mol. The number of aromatic hydroxyl groups is 1. The van der Waals surface area contributed by atoms with Crippen LogP contribution in [-0.2, 0) is 6.42 Å². The third-order valence-corrected chi connectivity index (χ3v) is 4.98.